The van der Waals surface area contributed by atoms with Crippen LogP contribution in [0, 0.1) is 5.92 Å². The van der Waals surface area contributed by atoms with Gasteiger partial charge in [0, 0.05) is 13.1 Å². The van der Waals surface area contributed by atoms with Gasteiger partial charge < -0.3 is 10.2 Å². The molecule has 1 aliphatic heterocycles. The number of tetrazole rings is 1. The van der Waals surface area contributed by atoms with E-state index in [9.17, 15) is 0 Å². The molecule has 1 saturated heterocycles. The van der Waals surface area contributed by atoms with Gasteiger partial charge in [-0.1, -0.05) is 30.2 Å². The summed E-state index contributed by atoms with van der Waals surface area (Å²) in [5.41, 5.74) is 1.01. The van der Waals surface area contributed by atoms with Crippen LogP contribution >= 0.6 is 0 Å². The first-order chi connectivity index (χ1) is 10.4. The fourth-order valence-electron chi connectivity index (χ4n) is 2.88. The lowest BCUT2D eigenvalue weighted by atomic mass is 9.98. The van der Waals surface area contributed by atoms with Gasteiger partial charge in [0.15, 0.2) is 0 Å². The zero-order chi connectivity index (χ0) is 14.5. The summed E-state index contributed by atoms with van der Waals surface area (Å²) >= 11 is 0. The zero-order valence-corrected chi connectivity index (χ0v) is 12.4. The maximum Gasteiger partial charge on any atom is 0.250 e. The Hall–Kier alpha value is -1.95. The average molecular weight is 286 g/mol. The van der Waals surface area contributed by atoms with Gasteiger partial charge in [-0.2, -0.15) is 4.68 Å². The number of benzene rings is 1. The summed E-state index contributed by atoms with van der Waals surface area (Å²) in [4.78, 5) is 2.30. The zero-order valence-electron chi connectivity index (χ0n) is 12.4. The summed E-state index contributed by atoms with van der Waals surface area (Å²) in [5, 5.41) is 15.7. The van der Waals surface area contributed by atoms with Crippen LogP contribution in [0.25, 0.3) is 5.69 Å². The Morgan fingerprint density at radius 3 is 2.95 bits per heavy atom. The molecule has 1 aromatic carbocycles. The Balaban J connectivity index is 1.76. The van der Waals surface area contributed by atoms with E-state index in [2.05, 4.69) is 32.7 Å². The van der Waals surface area contributed by atoms with E-state index in [-0.39, 0.29) is 0 Å². The van der Waals surface area contributed by atoms with Crippen molar-refractivity contribution in [1.82, 2.24) is 25.5 Å². The second kappa shape index (κ2) is 6.67. The highest BCUT2D eigenvalue weighted by Gasteiger charge is 2.24. The number of anilines is 1. The van der Waals surface area contributed by atoms with E-state index < -0.39 is 0 Å². The number of piperidine rings is 1. The quantitative estimate of drug-likeness (QED) is 0.902. The monoisotopic (exact) mass is 286 g/mol. The molecule has 1 unspecified atom stereocenters. The van der Waals surface area contributed by atoms with Crippen LogP contribution in [0.1, 0.15) is 19.8 Å². The van der Waals surface area contributed by atoms with Gasteiger partial charge in [-0.25, -0.2) is 0 Å². The van der Waals surface area contributed by atoms with Crippen molar-refractivity contribution in [2.75, 3.05) is 31.1 Å². The van der Waals surface area contributed by atoms with Gasteiger partial charge in [-0.3, -0.25) is 0 Å². The van der Waals surface area contributed by atoms with Gasteiger partial charge in [0.1, 0.15) is 0 Å². The summed E-state index contributed by atoms with van der Waals surface area (Å²) in [5.74, 6) is 1.52. The van der Waals surface area contributed by atoms with E-state index in [0.29, 0.717) is 5.92 Å². The number of nitrogens with zero attached hydrogens (tertiary/aromatic N) is 5. The van der Waals surface area contributed by atoms with E-state index in [1.807, 2.05) is 35.0 Å². The fourth-order valence-corrected chi connectivity index (χ4v) is 2.88. The summed E-state index contributed by atoms with van der Waals surface area (Å²) in [6.45, 7) is 6.28. The van der Waals surface area contributed by atoms with Crippen LogP contribution in [-0.2, 0) is 0 Å². The second-order valence-electron chi connectivity index (χ2n) is 5.49. The van der Waals surface area contributed by atoms with Gasteiger partial charge in [0.2, 0.25) is 5.95 Å². The molecule has 112 valence electrons. The van der Waals surface area contributed by atoms with Crippen LogP contribution < -0.4 is 10.2 Å². The first-order valence-corrected chi connectivity index (χ1v) is 7.68. The Kier molecular flexibility index (Phi) is 4.45. The number of hydrogen-bond donors (Lipinski definition) is 1. The number of hydrogen-bond acceptors (Lipinski definition) is 5. The predicted octanol–water partition coefficient (Wildman–Crippen LogP) is 1.49. The third kappa shape index (κ3) is 3.21. The molecule has 6 nitrogen and oxygen atoms in total. The van der Waals surface area contributed by atoms with Crippen LogP contribution in [0.5, 0.6) is 0 Å². The molecule has 1 aliphatic rings. The molecule has 1 fully saturated rings. The molecule has 0 aliphatic carbocycles. The van der Waals surface area contributed by atoms with Crippen molar-refractivity contribution in [3.8, 4) is 5.69 Å². The van der Waals surface area contributed by atoms with Crippen LogP contribution in [0.2, 0.25) is 0 Å². The number of aromatic nitrogens is 4. The first-order valence-electron chi connectivity index (χ1n) is 7.68. The van der Waals surface area contributed by atoms with Crippen molar-refractivity contribution in [2.45, 2.75) is 19.8 Å². The van der Waals surface area contributed by atoms with Crippen molar-refractivity contribution in [1.29, 1.82) is 0 Å². The Bertz CT molecular complexity index is 552. The minimum atomic E-state index is 0.666. The van der Waals surface area contributed by atoms with Gasteiger partial charge in [-0.05, 0) is 54.4 Å². The normalized spacial score (nSPS) is 18.9. The summed E-state index contributed by atoms with van der Waals surface area (Å²) in [6, 6.07) is 10.1. The lowest BCUT2D eigenvalue weighted by Gasteiger charge is -2.33. The summed E-state index contributed by atoms with van der Waals surface area (Å²) in [6.07, 6.45) is 2.47. The average Bonchev–Trinajstić information content (AvgIpc) is 3.04. The van der Waals surface area contributed by atoms with Crippen LogP contribution in [0.4, 0.5) is 5.95 Å². The Morgan fingerprint density at radius 2 is 2.14 bits per heavy atom. The predicted molar refractivity (Wildman–Crippen MR) is 82.6 cm³/mol. The highest BCUT2D eigenvalue weighted by Crippen LogP contribution is 2.22. The number of para-hydroxylation sites is 1. The Labute approximate surface area is 125 Å². The molecule has 2 aromatic rings. The maximum absolute atomic E-state index is 4.24. The molecule has 0 radical (unpaired) electrons. The number of nitrogens with one attached hydrogen (secondary N) is 1. The van der Waals surface area contributed by atoms with Gasteiger partial charge in [0.05, 0.1) is 5.69 Å². The lowest BCUT2D eigenvalue weighted by molar-refractivity contribution is 0.391. The topological polar surface area (TPSA) is 58.9 Å². The molecule has 21 heavy (non-hydrogen) atoms. The highest BCUT2D eigenvalue weighted by molar-refractivity contribution is 5.40. The molecular formula is C15H22N6. The second-order valence-corrected chi connectivity index (χ2v) is 5.49. The van der Waals surface area contributed by atoms with E-state index >= 15 is 0 Å². The summed E-state index contributed by atoms with van der Waals surface area (Å²) in [7, 11) is 0. The molecule has 2 heterocycles. The SMILES string of the molecule is CCNCC1CCCN(c2nnnn2-c2ccccc2)C1. The summed E-state index contributed by atoms with van der Waals surface area (Å²) < 4.78 is 1.83. The van der Waals surface area contributed by atoms with Gasteiger partial charge in [-0.15, -0.1) is 0 Å². The molecular weight excluding hydrogens is 264 g/mol. The molecule has 1 aromatic heterocycles. The minimum Gasteiger partial charge on any atom is -0.339 e. The molecule has 3 rings (SSSR count). The van der Waals surface area contributed by atoms with Gasteiger partial charge >= 0.3 is 0 Å². The van der Waals surface area contributed by atoms with Crippen LogP contribution in [-0.4, -0.2) is 46.4 Å². The molecule has 0 amide bonds. The lowest BCUT2D eigenvalue weighted by Crippen LogP contribution is -2.40. The third-order valence-corrected chi connectivity index (χ3v) is 3.94. The smallest absolute Gasteiger partial charge is 0.250 e. The maximum atomic E-state index is 4.24. The molecule has 0 spiro atoms. The van der Waals surface area contributed by atoms with Crippen molar-refractivity contribution in [2.24, 2.45) is 5.92 Å². The van der Waals surface area contributed by atoms with Crippen molar-refractivity contribution >= 4 is 5.95 Å². The highest BCUT2D eigenvalue weighted by atomic mass is 15.6. The number of rotatable bonds is 5. The van der Waals surface area contributed by atoms with E-state index in [1.165, 1.54) is 12.8 Å². The molecule has 1 atom stereocenters. The molecule has 1 N–H and O–H groups in total. The van der Waals surface area contributed by atoms with E-state index in [0.717, 1.165) is 37.8 Å². The van der Waals surface area contributed by atoms with Gasteiger partial charge in [0.25, 0.3) is 0 Å². The largest absolute Gasteiger partial charge is 0.339 e. The van der Waals surface area contributed by atoms with E-state index in [1.54, 1.807) is 0 Å². The van der Waals surface area contributed by atoms with Crippen LogP contribution in [0.3, 0.4) is 0 Å². The fraction of sp³-hybridized carbons (Fsp3) is 0.533. The molecule has 0 saturated carbocycles. The standard InChI is InChI=1S/C15H22N6/c1-2-16-11-13-7-6-10-20(12-13)15-17-18-19-21(15)14-8-4-3-5-9-14/h3-5,8-9,13,16H,2,6-7,10-12H2,1H3. The first kappa shape index (κ1) is 14.0. The molecule has 0 bridgehead atoms. The van der Waals surface area contributed by atoms with Crippen molar-refractivity contribution in [3.05, 3.63) is 30.3 Å². The van der Waals surface area contributed by atoms with Crippen molar-refractivity contribution < 1.29 is 0 Å². The van der Waals surface area contributed by atoms with Crippen LogP contribution in [0.15, 0.2) is 30.3 Å². The third-order valence-electron chi connectivity index (χ3n) is 3.94. The molecule has 6 heteroatoms. The minimum absolute atomic E-state index is 0.666. The van der Waals surface area contributed by atoms with Crippen molar-refractivity contribution in [3.63, 3.8) is 0 Å². The van der Waals surface area contributed by atoms with E-state index in [4.69, 9.17) is 0 Å². The Morgan fingerprint density at radius 1 is 1.29 bits per heavy atom.